The van der Waals surface area contributed by atoms with Crippen LogP contribution < -0.4 is 4.90 Å². The normalized spacial score (nSPS) is 20.4. The molecule has 0 amide bonds. The summed E-state index contributed by atoms with van der Waals surface area (Å²) in [4.78, 5) is 2.22. The Morgan fingerprint density at radius 2 is 1.81 bits per heavy atom. The number of hydrogen-bond donors (Lipinski definition) is 0. The van der Waals surface area contributed by atoms with Gasteiger partial charge >= 0.3 is 6.18 Å². The molecule has 4 heteroatoms. The van der Waals surface area contributed by atoms with Crippen LogP contribution in [0.25, 0.3) is 0 Å². The molecule has 21 heavy (non-hydrogen) atoms. The maximum absolute atomic E-state index is 13.0. The average molecular weight is 297 g/mol. The Bertz CT molecular complexity index is 489. The van der Waals surface area contributed by atoms with E-state index in [-0.39, 0.29) is 0 Å². The summed E-state index contributed by atoms with van der Waals surface area (Å²) in [7, 11) is 0. The zero-order valence-electron chi connectivity index (χ0n) is 12.3. The van der Waals surface area contributed by atoms with E-state index in [0.29, 0.717) is 5.92 Å². The van der Waals surface area contributed by atoms with E-state index in [0.717, 1.165) is 43.6 Å². The van der Waals surface area contributed by atoms with Crippen LogP contribution in [0, 0.1) is 5.92 Å². The fourth-order valence-electron chi connectivity index (χ4n) is 3.68. The standard InChI is InChI=1S/C17H22F3N/c18-17(19,20)15-9-8-14-7-3-4-10-21(16(14)11-15)12-13-5-1-2-6-13/h8-9,11,13H,1-7,10,12H2. The number of rotatable bonds is 2. The maximum atomic E-state index is 13.0. The number of halogens is 3. The highest BCUT2D eigenvalue weighted by Gasteiger charge is 2.32. The Morgan fingerprint density at radius 1 is 1.05 bits per heavy atom. The van der Waals surface area contributed by atoms with Crippen LogP contribution in [0.1, 0.15) is 49.7 Å². The van der Waals surface area contributed by atoms with Gasteiger partial charge in [0.1, 0.15) is 0 Å². The number of alkyl halides is 3. The number of fused-ring (bicyclic) bond motifs is 1. The third kappa shape index (κ3) is 3.35. The van der Waals surface area contributed by atoms with E-state index in [2.05, 4.69) is 4.90 Å². The van der Waals surface area contributed by atoms with Gasteiger partial charge in [0.2, 0.25) is 0 Å². The zero-order chi connectivity index (χ0) is 14.9. The van der Waals surface area contributed by atoms with Gasteiger partial charge in [-0.25, -0.2) is 0 Å². The lowest BCUT2D eigenvalue weighted by atomic mass is 10.0. The Hall–Kier alpha value is -1.19. The van der Waals surface area contributed by atoms with Gasteiger partial charge in [0.25, 0.3) is 0 Å². The molecule has 1 fully saturated rings. The summed E-state index contributed by atoms with van der Waals surface area (Å²) in [5.41, 5.74) is 1.40. The first-order valence-corrected chi connectivity index (χ1v) is 7.99. The van der Waals surface area contributed by atoms with Crippen LogP contribution in [0.3, 0.4) is 0 Å². The number of aryl methyl sites for hydroxylation is 1. The first-order valence-electron chi connectivity index (χ1n) is 7.99. The lowest BCUT2D eigenvalue weighted by Crippen LogP contribution is -2.29. The monoisotopic (exact) mass is 297 g/mol. The molecule has 0 unspecified atom stereocenters. The van der Waals surface area contributed by atoms with Gasteiger partial charge in [0.15, 0.2) is 0 Å². The largest absolute Gasteiger partial charge is 0.416 e. The molecule has 1 aliphatic carbocycles. The van der Waals surface area contributed by atoms with E-state index in [4.69, 9.17) is 0 Å². The van der Waals surface area contributed by atoms with E-state index >= 15 is 0 Å². The van der Waals surface area contributed by atoms with Gasteiger partial charge in [-0.15, -0.1) is 0 Å². The van der Waals surface area contributed by atoms with Crippen LogP contribution >= 0.6 is 0 Å². The number of nitrogens with zero attached hydrogens (tertiary/aromatic N) is 1. The summed E-state index contributed by atoms with van der Waals surface area (Å²) >= 11 is 0. The Balaban J connectivity index is 1.88. The van der Waals surface area contributed by atoms with E-state index in [1.807, 2.05) is 0 Å². The van der Waals surface area contributed by atoms with Gasteiger partial charge in [0.05, 0.1) is 5.56 Å². The molecule has 1 aliphatic heterocycles. The molecule has 0 spiro atoms. The third-order valence-electron chi connectivity index (χ3n) is 4.83. The van der Waals surface area contributed by atoms with Crippen LogP contribution in [-0.2, 0) is 12.6 Å². The van der Waals surface area contributed by atoms with E-state index in [1.165, 1.54) is 37.8 Å². The molecule has 1 aromatic rings. The minimum absolute atomic E-state index is 0.514. The predicted molar refractivity (Wildman–Crippen MR) is 78.6 cm³/mol. The second kappa shape index (κ2) is 5.90. The quantitative estimate of drug-likeness (QED) is 0.739. The van der Waals surface area contributed by atoms with Crippen LogP contribution in [0.2, 0.25) is 0 Å². The van der Waals surface area contributed by atoms with Crippen molar-refractivity contribution in [2.24, 2.45) is 5.92 Å². The van der Waals surface area contributed by atoms with Crippen molar-refractivity contribution in [1.82, 2.24) is 0 Å². The molecular formula is C17H22F3N. The van der Waals surface area contributed by atoms with Crippen molar-refractivity contribution >= 4 is 5.69 Å². The SMILES string of the molecule is FC(F)(F)c1ccc2c(c1)N(CC1CCCC1)CCCC2. The van der Waals surface area contributed by atoms with Crippen molar-refractivity contribution in [2.45, 2.75) is 51.1 Å². The van der Waals surface area contributed by atoms with Crippen molar-refractivity contribution in [3.8, 4) is 0 Å². The summed E-state index contributed by atoms with van der Waals surface area (Å²) in [5, 5.41) is 0. The lowest BCUT2D eigenvalue weighted by molar-refractivity contribution is -0.137. The van der Waals surface area contributed by atoms with Crippen LogP contribution in [-0.4, -0.2) is 13.1 Å². The molecule has 1 heterocycles. The van der Waals surface area contributed by atoms with Crippen LogP contribution in [0.4, 0.5) is 18.9 Å². The summed E-state index contributed by atoms with van der Waals surface area (Å²) in [6, 6.07) is 4.29. The molecule has 1 aromatic carbocycles. The fraction of sp³-hybridized carbons (Fsp3) is 0.647. The molecule has 2 aliphatic rings. The summed E-state index contributed by atoms with van der Waals surface area (Å²) in [5.74, 6) is 0.658. The fourth-order valence-corrected chi connectivity index (χ4v) is 3.68. The Labute approximate surface area is 124 Å². The third-order valence-corrected chi connectivity index (χ3v) is 4.83. The molecule has 0 aromatic heterocycles. The average Bonchev–Trinajstić information content (AvgIpc) is 2.86. The van der Waals surface area contributed by atoms with Gasteiger partial charge in [-0.1, -0.05) is 18.9 Å². The van der Waals surface area contributed by atoms with Crippen molar-refractivity contribution in [3.63, 3.8) is 0 Å². The smallest absolute Gasteiger partial charge is 0.371 e. The highest BCUT2D eigenvalue weighted by molar-refractivity contribution is 5.57. The van der Waals surface area contributed by atoms with Crippen molar-refractivity contribution in [2.75, 3.05) is 18.0 Å². The van der Waals surface area contributed by atoms with Crippen LogP contribution in [0.15, 0.2) is 18.2 Å². The Kier molecular flexibility index (Phi) is 4.14. The molecule has 1 saturated carbocycles. The Morgan fingerprint density at radius 3 is 2.52 bits per heavy atom. The van der Waals surface area contributed by atoms with E-state index < -0.39 is 11.7 Å². The molecule has 3 rings (SSSR count). The lowest BCUT2D eigenvalue weighted by Gasteiger charge is -2.28. The topological polar surface area (TPSA) is 3.24 Å². The zero-order valence-corrected chi connectivity index (χ0v) is 12.3. The number of benzene rings is 1. The van der Waals surface area contributed by atoms with Gasteiger partial charge in [0, 0.05) is 18.8 Å². The van der Waals surface area contributed by atoms with Crippen LogP contribution in [0.5, 0.6) is 0 Å². The van der Waals surface area contributed by atoms with Crippen molar-refractivity contribution in [1.29, 1.82) is 0 Å². The highest BCUT2D eigenvalue weighted by Crippen LogP contribution is 2.36. The molecule has 0 bridgehead atoms. The molecular weight excluding hydrogens is 275 g/mol. The van der Waals surface area contributed by atoms with Crippen molar-refractivity contribution < 1.29 is 13.2 Å². The van der Waals surface area contributed by atoms with Gasteiger partial charge in [-0.05, 0) is 55.7 Å². The molecule has 0 atom stereocenters. The highest BCUT2D eigenvalue weighted by atomic mass is 19.4. The summed E-state index contributed by atoms with van der Waals surface area (Å²) in [6.45, 7) is 1.82. The summed E-state index contributed by atoms with van der Waals surface area (Å²) in [6.07, 6.45) is 3.79. The first kappa shape index (κ1) is 14.7. The second-order valence-electron chi connectivity index (χ2n) is 6.39. The maximum Gasteiger partial charge on any atom is 0.416 e. The van der Waals surface area contributed by atoms with Gasteiger partial charge < -0.3 is 4.90 Å². The molecule has 0 saturated heterocycles. The molecule has 0 radical (unpaired) electrons. The van der Waals surface area contributed by atoms with Crippen molar-refractivity contribution in [3.05, 3.63) is 29.3 Å². The number of anilines is 1. The van der Waals surface area contributed by atoms with Gasteiger partial charge in [-0.3, -0.25) is 0 Å². The molecule has 1 nitrogen and oxygen atoms in total. The molecule has 116 valence electrons. The molecule has 0 N–H and O–H groups in total. The number of hydrogen-bond acceptors (Lipinski definition) is 1. The van der Waals surface area contributed by atoms with E-state index in [1.54, 1.807) is 6.07 Å². The first-order chi connectivity index (χ1) is 10.0. The summed E-state index contributed by atoms with van der Waals surface area (Å²) < 4.78 is 38.9. The van der Waals surface area contributed by atoms with Gasteiger partial charge in [-0.2, -0.15) is 13.2 Å². The minimum atomic E-state index is -4.25. The minimum Gasteiger partial charge on any atom is -0.371 e. The predicted octanol–water partition coefficient (Wildman–Crippen LogP) is 5.04. The van der Waals surface area contributed by atoms with E-state index in [9.17, 15) is 13.2 Å². The second-order valence-corrected chi connectivity index (χ2v) is 6.39.